The molecule has 0 bridgehead atoms. The van der Waals surface area contributed by atoms with Crippen molar-refractivity contribution in [1.29, 1.82) is 0 Å². The molecule has 3 rings (SSSR count). The van der Waals surface area contributed by atoms with E-state index in [1.54, 1.807) is 16.8 Å². The highest BCUT2D eigenvalue weighted by Crippen LogP contribution is 2.20. The molecule has 0 atom stereocenters. The third kappa shape index (κ3) is 1.76. The molecule has 0 aliphatic carbocycles. The fraction of sp³-hybridized carbons (Fsp3) is 0.0909. The van der Waals surface area contributed by atoms with Crippen molar-refractivity contribution in [2.45, 2.75) is 0 Å². The van der Waals surface area contributed by atoms with Gasteiger partial charge in [0.15, 0.2) is 17.1 Å². The van der Waals surface area contributed by atoms with Crippen molar-refractivity contribution in [3.05, 3.63) is 34.9 Å². The molecular formula is C11H7BrFN5. The van der Waals surface area contributed by atoms with Crippen LogP contribution in [0.25, 0.3) is 22.8 Å². The Kier molecular flexibility index (Phi) is 2.55. The normalized spacial score (nSPS) is 11.1. The Balaban J connectivity index is 2.23. The second kappa shape index (κ2) is 4.09. The summed E-state index contributed by atoms with van der Waals surface area (Å²) in [5.74, 6) is 0.222. The summed E-state index contributed by atoms with van der Waals surface area (Å²) in [6.07, 6.45) is 2.74. The minimum absolute atomic E-state index is 0.378. The Bertz CT molecular complexity index is 722. The molecule has 0 aliphatic rings. The fourth-order valence-corrected chi connectivity index (χ4v) is 1.94. The maximum Gasteiger partial charge on any atom is 0.198 e. The zero-order valence-electron chi connectivity index (χ0n) is 9.30. The van der Waals surface area contributed by atoms with E-state index in [2.05, 4.69) is 35.9 Å². The molecule has 0 unspecified atom stereocenters. The van der Waals surface area contributed by atoms with Gasteiger partial charge in [0.1, 0.15) is 16.1 Å². The Hall–Kier alpha value is -1.89. The summed E-state index contributed by atoms with van der Waals surface area (Å²) in [7, 11) is 1.82. The summed E-state index contributed by atoms with van der Waals surface area (Å²) in [6.45, 7) is 0. The van der Waals surface area contributed by atoms with Gasteiger partial charge in [0.05, 0.1) is 12.4 Å². The number of nitrogens with zero attached hydrogens (tertiary/aromatic N) is 5. The van der Waals surface area contributed by atoms with Crippen LogP contribution in [-0.4, -0.2) is 24.5 Å². The average molecular weight is 308 g/mol. The molecule has 0 amide bonds. The van der Waals surface area contributed by atoms with Crippen molar-refractivity contribution in [2.24, 2.45) is 7.05 Å². The Morgan fingerprint density at radius 3 is 2.72 bits per heavy atom. The highest BCUT2D eigenvalue weighted by molar-refractivity contribution is 9.10. The van der Waals surface area contributed by atoms with E-state index in [0.29, 0.717) is 27.4 Å². The third-order valence-electron chi connectivity index (χ3n) is 2.51. The van der Waals surface area contributed by atoms with E-state index in [4.69, 9.17) is 0 Å². The second-order valence-corrected chi connectivity index (χ2v) is 4.51. The second-order valence-electron chi connectivity index (χ2n) is 3.70. The number of fused-ring (bicyclic) bond motifs is 1. The van der Waals surface area contributed by atoms with E-state index >= 15 is 0 Å². The van der Waals surface area contributed by atoms with Crippen LogP contribution in [0.3, 0.4) is 0 Å². The van der Waals surface area contributed by atoms with Gasteiger partial charge in [0.25, 0.3) is 0 Å². The van der Waals surface area contributed by atoms with Gasteiger partial charge in [-0.1, -0.05) is 0 Å². The molecule has 18 heavy (non-hydrogen) atoms. The van der Waals surface area contributed by atoms with Crippen LogP contribution in [0.15, 0.2) is 29.1 Å². The molecule has 0 spiro atoms. The van der Waals surface area contributed by atoms with Gasteiger partial charge in [-0.3, -0.25) is 0 Å². The molecule has 0 saturated carbocycles. The summed E-state index contributed by atoms with van der Waals surface area (Å²) in [5.41, 5.74) is 1.75. The van der Waals surface area contributed by atoms with Crippen molar-refractivity contribution < 1.29 is 4.39 Å². The smallest absolute Gasteiger partial charge is 0.198 e. The fourth-order valence-electron chi connectivity index (χ4n) is 1.67. The van der Waals surface area contributed by atoms with Crippen molar-refractivity contribution in [2.75, 3.05) is 0 Å². The summed E-state index contributed by atoms with van der Waals surface area (Å²) < 4.78 is 15.2. The van der Waals surface area contributed by atoms with E-state index in [0.717, 1.165) is 6.20 Å². The lowest BCUT2D eigenvalue weighted by atomic mass is 10.3. The lowest BCUT2D eigenvalue weighted by molar-refractivity contribution is 0.621. The van der Waals surface area contributed by atoms with Gasteiger partial charge in [-0.15, -0.1) is 0 Å². The molecular weight excluding hydrogens is 301 g/mol. The number of aryl methyl sites for hydroxylation is 1. The van der Waals surface area contributed by atoms with E-state index in [9.17, 15) is 4.39 Å². The lowest BCUT2D eigenvalue weighted by Gasteiger charge is -2.00. The van der Waals surface area contributed by atoms with Gasteiger partial charge in [-0.05, 0) is 28.1 Å². The SMILES string of the molecule is Cn1c(-c2ccc(F)cn2)nc2ncc(Br)nc21. The van der Waals surface area contributed by atoms with E-state index in [1.165, 1.54) is 6.07 Å². The molecule has 0 saturated heterocycles. The molecule has 0 N–H and O–H groups in total. The molecule has 3 aromatic rings. The predicted octanol–water partition coefficient (Wildman–Crippen LogP) is 2.33. The molecule has 0 radical (unpaired) electrons. The molecule has 0 aromatic carbocycles. The molecule has 90 valence electrons. The number of hydrogen-bond donors (Lipinski definition) is 0. The molecule has 5 nitrogen and oxygen atoms in total. The predicted molar refractivity (Wildman–Crippen MR) is 67.2 cm³/mol. The molecule has 0 aliphatic heterocycles. The Morgan fingerprint density at radius 2 is 2.00 bits per heavy atom. The average Bonchev–Trinajstić information content (AvgIpc) is 2.68. The first-order valence-corrected chi connectivity index (χ1v) is 5.91. The minimum Gasteiger partial charge on any atom is -0.309 e. The summed E-state index contributed by atoms with van der Waals surface area (Å²) in [6, 6.07) is 2.92. The third-order valence-corrected chi connectivity index (χ3v) is 2.89. The van der Waals surface area contributed by atoms with Crippen LogP contribution in [0.5, 0.6) is 0 Å². The van der Waals surface area contributed by atoms with E-state index in [1.807, 2.05) is 7.05 Å². The van der Waals surface area contributed by atoms with Gasteiger partial charge in [-0.2, -0.15) is 0 Å². The van der Waals surface area contributed by atoms with Crippen LogP contribution in [-0.2, 0) is 7.05 Å². The number of rotatable bonds is 1. The van der Waals surface area contributed by atoms with Crippen LogP contribution in [0.1, 0.15) is 0 Å². The lowest BCUT2D eigenvalue weighted by Crippen LogP contribution is -1.96. The van der Waals surface area contributed by atoms with Gasteiger partial charge in [-0.25, -0.2) is 24.3 Å². The maximum absolute atomic E-state index is 12.8. The highest BCUT2D eigenvalue weighted by atomic mass is 79.9. The largest absolute Gasteiger partial charge is 0.309 e. The maximum atomic E-state index is 12.8. The topological polar surface area (TPSA) is 56.5 Å². The number of halogens is 2. The number of pyridine rings is 1. The summed E-state index contributed by atoms with van der Waals surface area (Å²) in [5, 5.41) is 0. The number of hydrogen-bond acceptors (Lipinski definition) is 4. The van der Waals surface area contributed by atoms with E-state index in [-0.39, 0.29) is 5.82 Å². The minimum atomic E-state index is -0.378. The Labute approximate surface area is 110 Å². The standard InChI is InChI=1S/C11H7BrFN5/c1-18-10(7-3-2-6(13)4-14-7)17-9-11(18)16-8(12)5-15-9/h2-5H,1H3. The van der Waals surface area contributed by atoms with Gasteiger partial charge in [0.2, 0.25) is 0 Å². The van der Waals surface area contributed by atoms with Crippen LogP contribution < -0.4 is 0 Å². The first-order chi connectivity index (χ1) is 8.65. The van der Waals surface area contributed by atoms with Gasteiger partial charge >= 0.3 is 0 Å². The van der Waals surface area contributed by atoms with Crippen molar-refractivity contribution in [3.63, 3.8) is 0 Å². The first-order valence-electron chi connectivity index (χ1n) is 5.12. The van der Waals surface area contributed by atoms with Crippen LogP contribution in [0, 0.1) is 5.82 Å². The highest BCUT2D eigenvalue weighted by Gasteiger charge is 2.13. The summed E-state index contributed by atoms with van der Waals surface area (Å²) >= 11 is 3.26. The first kappa shape index (κ1) is 11.2. The summed E-state index contributed by atoms with van der Waals surface area (Å²) in [4.78, 5) is 16.8. The van der Waals surface area contributed by atoms with Crippen molar-refractivity contribution in [1.82, 2.24) is 24.5 Å². The van der Waals surface area contributed by atoms with Crippen molar-refractivity contribution >= 4 is 27.2 Å². The molecule has 0 fully saturated rings. The number of imidazole rings is 1. The van der Waals surface area contributed by atoms with Crippen LogP contribution in [0.4, 0.5) is 4.39 Å². The zero-order valence-corrected chi connectivity index (χ0v) is 10.9. The Morgan fingerprint density at radius 1 is 1.17 bits per heavy atom. The molecule has 3 aromatic heterocycles. The van der Waals surface area contributed by atoms with Crippen LogP contribution in [0.2, 0.25) is 0 Å². The monoisotopic (exact) mass is 307 g/mol. The van der Waals surface area contributed by atoms with Gasteiger partial charge < -0.3 is 4.57 Å². The van der Waals surface area contributed by atoms with Crippen LogP contribution >= 0.6 is 15.9 Å². The van der Waals surface area contributed by atoms with Gasteiger partial charge in [0, 0.05) is 7.05 Å². The molecule has 7 heteroatoms. The van der Waals surface area contributed by atoms with Crippen molar-refractivity contribution in [3.8, 4) is 11.5 Å². The zero-order chi connectivity index (χ0) is 12.7. The molecule has 3 heterocycles. The van der Waals surface area contributed by atoms with E-state index < -0.39 is 0 Å². The quantitative estimate of drug-likeness (QED) is 0.692. The number of aromatic nitrogens is 5.